The molecule has 2 nitrogen and oxygen atoms in total. The first kappa shape index (κ1) is 15.9. The lowest BCUT2D eigenvalue weighted by Crippen LogP contribution is -2.36. The van der Waals surface area contributed by atoms with Crippen molar-refractivity contribution in [2.45, 2.75) is 48.0 Å². The second-order valence-electron chi connectivity index (χ2n) is 6.58. The van der Waals surface area contributed by atoms with Gasteiger partial charge >= 0.3 is 0 Å². The van der Waals surface area contributed by atoms with Gasteiger partial charge in [0.05, 0.1) is 0 Å². The van der Waals surface area contributed by atoms with Crippen LogP contribution in [0, 0.1) is 23.2 Å². The molecule has 0 radical (unpaired) electrons. The Balaban J connectivity index is 3.87. The number of hydrogen-bond donors (Lipinski definition) is 2. The Morgan fingerprint density at radius 1 is 1.12 bits per heavy atom. The Morgan fingerprint density at radius 2 is 1.69 bits per heavy atom. The van der Waals surface area contributed by atoms with Crippen molar-refractivity contribution in [2.75, 3.05) is 19.7 Å². The molecule has 0 amide bonds. The van der Waals surface area contributed by atoms with E-state index in [1.807, 2.05) is 0 Å². The lowest BCUT2D eigenvalue weighted by atomic mass is 9.84. The van der Waals surface area contributed by atoms with Gasteiger partial charge in [-0.1, -0.05) is 41.5 Å². The Hall–Kier alpha value is -0.0800. The minimum Gasteiger partial charge on any atom is -0.396 e. The predicted molar refractivity (Wildman–Crippen MR) is 71.5 cm³/mol. The Morgan fingerprint density at radius 3 is 2.06 bits per heavy atom. The molecule has 16 heavy (non-hydrogen) atoms. The average molecular weight is 229 g/mol. The highest BCUT2D eigenvalue weighted by molar-refractivity contribution is 4.74. The average Bonchev–Trinajstić information content (AvgIpc) is 2.09. The van der Waals surface area contributed by atoms with Crippen molar-refractivity contribution in [1.82, 2.24) is 5.32 Å². The van der Waals surface area contributed by atoms with Gasteiger partial charge in [-0.3, -0.25) is 0 Å². The zero-order chi connectivity index (χ0) is 12.8. The van der Waals surface area contributed by atoms with Crippen LogP contribution in [0.5, 0.6) is 0 Å². The topological polar surface area (TPSA) is 32.3 Å². The molecule has 0 bridgehead atoms. The highest BCUT2D eigenvalue weighted by Crippen LogP contribution is 2.24. The van der Waals surface area contributed by atoms with Gasteiger partial charge in [-0.2, -0.15) is 0 Å². The van der Waals surface area contributed by atoms with Crippen LogP contribution in [0.15, 0.2) is 0 Å². The largest absolute Gasteiger partial charge is 0.396 e. The normalized spacial score (nSPS) is 14.8. The van der Waals surface area contributed by atoms with E-state index in [0.29, 0.717) is 17.3 Å². The molecular weight excluding hydrogens is 198 g/mol. The van der Waals surface area contributed by atoms with Crippen LogP contribution in [-0.4, -0.2) is 24.8 Å². The summed E-state index contributed by atoms with van der Waals surface area (Å²) >= 11 is 0. The van der Waals surface area contributed by atoms with E-state index < -0.39 is 0 Å². The zero-order valence-electron chi connectivity index (χ0n) is 12.0. The maximum absolute atomic E-state index is 9.23. The minimum atomic E-state index is 0.287. The summed E-state index contributed by atoms with van der Waals surface area (Å²) in [5, 5.41) is 12.7. The zero-order valence-corrected chi connectivity index (χ0v) is 12.0. The monoisotopic (exact) mass is 229 g/mol. The second-order valence-corrected chi connectivity index (χ2v) is 6.58. The quantitative estimate of drug-likeness (QED) is 0.671. The molecular formula is C14H31NO. The lowest BCUT2D eigenvalue weighted by Gasteiger charge is -2.28. The van der Waals surface area contributed by atoms with Gasteiger partial charge in [-0.15, -0.1) is 0 Å². The van der Waals surface area contributed by atoms with Gasteiger partial charge in [0, 0.05) is 19.7 Å². The fourth-order valence-electron chi connectivity index (χ4n) is 2.28. The van der Waals surface area contributed by atoms with Crippen molar-refractivity contribution in [3.05, 3.63) is 0 Å². The van der Waals surface area contributed by atoms with Gasteiger partial charge in [-0.25, -0.2) is 0 Å². The summed E-state index contributed by atoms with van der Waals surface area (Å²) in [5.41, 5.74) is 0.352. The van der Waals surface area contributed by atoms with E-state index >= 15 is 0 Å². The molecule has 98 valence electrons. The molecule has 1 unspecified atom stereocenters. The minimum absolute atomic E-state index is 0.287. The number of nitrogens with one attached hydrogen (secondary N) is 1. The van der Waals surface area contributed by atoms with E-state index in [2.05, 4.69) is 46.9 Å². The van der Waals surface area contributed by atoms with Gasteiger partial charge in [0.1, 0.15) is 0 Å². The van der Waals surface area contributed by atoms with Crippen LogP contribution in [-0.2, 0) is 0 Å². The first-order valence-corrected chi connectivity index (χ1v) is 6.60. The third-order valence-corrected chi connectivity index (χ3v) is 3.15. The summed E-state index contributed by atoms with van der Waals surface area (Å²) in [6, 6.07) is 0. The molecule has 0 spiro atoms. The van der Waals surface area contributed by atoms with Gasteiger partial charge in [0.2, 0.25) is 0 Å². The summed E-state index contributed by atoms with van der Waals surface area (Å²) in [7, 11) is 0. The standard InChI is InChI=1S/C14H31NO/c1-11(2)7-14(5,6)10-15-8-13(9-16)12(3)4/h11-13,15-16H,7-10H2,1-6H3. The summed E-state index contributed by atoms with van der Waals surface area (Å²) < 4.78 is 0. The molecule has 0 aliphatic rings. The molecule has 0 aliphatic heterocycles. The van der Waals surface area contributed by atoms with Gasteiger partial charge in [0.15, 0.2) is 0 Å². The maximum Gasteiger partial charge on any atom is 0.0473 e. The molecule has 1 atom stereocenters. The van der Waals surface area contributed by atoms with Gasteiger partial charge < -0.3 is 10.4 Å². The van der Waals surface area contributed by atoms with E-state index in [0.717, 1.165) is 19.0 Å². The van der Waals surface area contributed by atoms with Crippen molar-refractivity contribution >= 4 is 0 Å². The molecule has 0 saturated carbocycles. The molecule has 0 rings (SSSR count). The Kier molecular flexibility index (Phi) is 7.25. The van der Waals surface area contributed by atoms with Crippen molar-refractivity contribution in [3.63, 3.8) is 0 Å². The van der Waals surface area contributed by atoms with E-state index in [1.54, 1.807) is 0 Å². The molecule has 0 saturated heterocycles. The van der Waals surface area contributed by atoms with Gasteiger partial charge in [0.25, 0.3) is 0 Å². The maximum atomic E-state index is 9.23. The number of aliphatic hydroxyl groups excluding tert-OH is 1. The highest BCUT2D eigenvalue weighted by Gasteiger charge is 2.20. The summed E-state index contributed by atoms with van der Waals surface area (Å²) in [6.07, 6.45) is 1.24. The summed E-state index contributed by atoms with van der Waals surface area (Å²) in [6.45, 7) is 15.7. The smallest absolute Gasteiger partial charge is 0.0473 e. The molecule has 0 aromatic heterocycles. The lowest BCUT2D eigenvalue weighted by molar-refractivity contribution is 0.178. The predicted octanol–water partition coefficient (Wildman–Crippen LogP) is 2.91. The van der Waals surface area contributed by atoms with Crippen LogP contribution in [0.1, 0.15) is 48.0 Å². The van der Waals surface area contributed by atoms with Crippen molar-refractivity contribution in [1.29, 1.82) is 0 Å². The molecule has 0 fully saturated rings. The van der Waals surface area contributed by atoms with Crippen LogP contribution >= 0.6 is 0 Å². The van der Waals surface area contributed by atoms with Gasteiger partial charge in [-0.05, 0) is 29.6 Å². The fraction of sp³-hybridized carbons (Fsp3) is 1.00. The molecule has 0 aromatic rings. The first-order chi connectivity index (χ1) is 7.28. The molecule has 2 N–H and O–H groups in total. The molecule has 0 heterocycles. The summed E-state index contributed by atoms with van der Waals surface area (Å²) in [4.78, 5) is 0. The molecule has 0 aliphatic carbocycles. The van der Waals surface area contributed by atoms with E-state index in [9.17, 15) is 5.11 Å². The van der Waals surface area contributed by atoms with Crippen LogP contribution < -0.4 is 5.32 Å². The SMILES string of the molecule is CC(C)CC(C)(C)CNCC(CO)C(C)C. The Bertz CT molecular complexity index is 176. The van der Waals surface area contributed by atoms with Crippen molar-refractivity contribution in [2.24, 2.45) is 23.2 Å². The van der Waals surface area contributed by atoms with Crippen LogP contribution in [0.4, 0.5) is 0 Å². The number of rotatable bonds is 8. The highest BCUT2D eigenvalue weighted by atomic mass is 16.3. The fourth-order valence-corrected chi connectivity index (χ4v) is 2.28. The number of aliphatic hydroxyl groups is 1. The van der Waals surface area contributed by atoms with E-state index in [-0.39, 0.29) is 6.61 Å². The van der Waals surface area contributed by atoms with Crippen LogP contribution in [0.25, 0.3) is 0 Å². The first-order valence-electron chi connectivity index (χ1n) is 6.60. The number of hydrogen-bond acceptors (Lipinski definition) is 2. The molecule has 2 heteroatoms. The van der Waals surface area contributed by atoms with Crippen LogP contribution in [0.2, 0.25) is 0 Å². The van der Waals surface area contributed by atoms with E-state index in [4.69, 9.17) is 0 Å². The van der Waals surface area contributed by atoms with Crippen molar-refractivity contribution in [3.8, 4) is 0 Å². The van der Waals surface area contributed by atoms with Crippen LogP contribution in [0.3, 0.4) is 0 Å². The summed E-state index contributed by atoms with van der Waals surface area (Å²) in [5.74, 6) is 1.68. The van der Waals surface area contributed by atoms with E-state index in [1.165, 1.54) is 6.42 Å². The third-order valence-electron chi connectivity index (χ3n) is 3.15. The molecule has 0 aromatic carbocycles. The Labute approximate surface area is 102 Å². The third kappa shape index (κ3) is 7.24. The van der Waals surface area contributed by atoms with Crippen molar-refractivity contribution < 1.29 is 5.11 Å². The second kappa shape index (κ2) is 7.29.